The molecule has 8 nitrogen and oxygen atoms in total. The highest BCUT2D eigenvalue weighted by Crippen LogP contribution is 2.39. The van der Waals surface area contributed by atoms with Gasteiger partial charge in [0, 0.05) is 18.3 Å². The standard InChI is InChI=1S/C18H17N5O3S/c1-24-13-6-10(7-14(25-2)15(13)26-3)23-8-12(20-9-23)18-21-11-4-5-27-16(11)17(19)22-18/h4-9H,1-3H3,(H2,19,21,22). The van der Waals surface area contributed by atoms with E-state index in [-0.39, 0.29) is 0 Å². The van der Waals surface area contributed by atoms with Crippen LogP contribution in [0.5, 0.6) is 17.2 Å². The Morgan fingerprint density at radius 3 is 2.44 bits per heavy atom. The number of fused-ring (bicyclic) bond motifs is 1. The number of anilines is 1. The van der Waals surface area contributed by atoms with E-state index >= 15 is 0 Å². The van der Waals surface area contributed by atoms with Crippen LogP contribution >= 0.6 is 11.3 Å². The first-order valence-corrected chi connectivity index (χ1v) is 8.88. The number of imidazole rings is 1. The van der Waals surface area contributed by atoms with E-state index < -0.39 is 0 Å². The van der Waals surface area contributed by atoms with Gasteiger partial charge in [0.05, 0.1) is 37.2 Å². The third-order valence-corrected chi connectivity index (χ3v) is 5.02. The zero-order valence-corrected chi connectivity index (χ0v) is 15.8. The first-order valence-electron chi connectivity index (χ1n) is 8.00. The van der Waals surface area contributed by atoms with Gasteiger partial charge in [-0.3, -0.25) is 0 Å². The predicted molar refractivity (Wildman–Crippen MR) is 104 cm³/mol. The molecule has 3 aromatic heterocycles. The van der Waals surface area contributed by atoms with Gasteiger partial charge in [-0.2, -0.15) is 0 Å². The minimum Gasteiger partial charge on any atom is -0.493 e. The summed E-state index contributed by atoms with van der Waals surface area (Å²) >= 11 is 1.52. The number of hydrogen-bond donors (Lipinski definition) is 1. The van der Waals surface area contributed by atoms with Crippen molar-refractivity contribution >= 4 is 27.4 Å². The Hall–Kier alpha value is -3.33. The molecule has 3 heterocycles. The average Bonchev–Trinajstić information content (AvgIpc) is 3.36. The lowest BCUT2D eigenvalue weighted by atomic mass is 10.2. The number of aromatic nitrogens is 4. The summed E-state index contributed by atoms with van der Waals surface area (Å²) < 4.78 is 18.9. The Labute approximate surface area is 159 Å². The molecule has 9 heteroatoms. The monoisotopic (exact) mass is 383 g/mol. The molecule has 4 aromatic rings. The Kier molecular flexibility index (Phi) is 4.28. The lowest BCUT2D eigenvalue weighted by molar-refractivity contribution is 0.324. The van der Waals surface area contributed by atoms with E-state index in [1.807, 2.05) is 34.3 Å². The summed E-state index contributed by atoms with van der Waals surface area (Å²) in [5.41, 5.74) is 8.27. The summed E-state index contributed by atoms with van der Waals surface area (Å²) in [6.07, 6.45) is 3.50. The smallest absolute Gasteiger partial charge is 0.203 e. The minimum absolute atomic E-state index is 0.451. The largest absolute Gasteiger partial charge is 0.493 e. The van der Waals surface area contributed by atoms with Crippen molar-refractivity contribution < 1.29 is 14.2 Å². The molecule has 138 valence electrons. The van der Waals surface area contributed by atoms with Crippen LogP contribution in [0, 0.1) is 0 Å². The fraction of sp³-hybridized carbons (Fsp3) is 0.167. The van der Waals surface area contributed by atoms with Crippen LogP contribution in [-0.2, 0) is 0 Å². The van der Waals surface area contributed by atoms with Crippen LogP contribution in [0.15, 0.2) is 36.1 Å². The van der Waals surface area contributed by atoms with Crippen LogP contribution in [-0.4, -0.2) is 40.8 Å². The first kappa shape index (κ1) is 17.1. The third-order valence-electron chi connectivity index (χ3n) is 4.09. The second kappa shape index (κ2) is 6.76. The Morgan fingerprint density at radius 2 is 1.78 bits per heavy atom. The van der Waals surface area contributed by atoms with Gasteiger partial charge in [0.25, 0.3) is 0 Å². The highest BCUT2D eigenvalue weighted by Gasteiger charge is 2.16. The van der Waals surface area contributed by atoms with E-state index in [4.69, 9.17) is 19.9 Å². The molecule has 0 aliphatic rings. The Morgan fingerprint density at radius 1 is 1.04 bits per heavy atom. The molecule has 0 unspecified atom stereocenters. The van der Waals surface area contributed by atoms with E-state index in [0.717, 1.165) is 15.9 Å². The van der Waals surface area contributed by atoms with Crippen molar-refractivity contribution in [2.45, 2.75) is 0 Å². The van der Waals surface area contributed by atoms with Gasteiger partial charge in [0.15, 0.2) is 17.3 Å². The molecule has 0 saturated heterocycles. The topological polar surface area (TPSA) is 97.3 Å². The number of benzene rings is 1. The second-order valence-corrected chi connectivity index (χ2v) is 6.53. The molecule has 1 aromatic carbocycles. The van der Waals surface area contributed by atoms with Gasteiger partial charge in [-0.25, -0.2) is 15.0 Å². The fourth-order valence-corrected chi connectivity index (χ4v) is 3.53. The SMILES string of the molecule is COc1cc(-n2cnc(-c3nc(N)c4sccc4n3)c2)cc(OC)c1OC. The maximum atomic E-state index is 6.04. The number of nitrogens with zero attached hydrogens (tertiary/aromatic N) is 4. The molecule has 0 atom stereocenters. The minimum atomic E-state index is 0.451. The van der Waals surface area contributed by atoms with Crippen molar-refractivity contribution in [2.24, 2.45) is 0 Å². The Bertz CT molecular complexity index is 1100. The van der Waals surface area contributed by atoms with Crippen LogP contribution in [0.3, 0.4) is 0 Å². The van der Waals surface area contributed by atoms with Gasteiger partial charge in [-0.15, -0.1) is 11.3 Å². The number of ether oxygens (including phenoxy) is 3. The molecule has 0 amide bonds. The van der Waals surface area contributed by atoms with E-state index in [1.165, 1.54) is 11.3 Å². The van der Waals surface area contributed by atoms with E-state index in [2.05, 4.69) is 15.0 Å². The summed E-state index contributed by atoms with van der Waals surface area (Å²) in [6, 6.07) is 5.59. The number of thiophene rings is 1. The van der Waals surface area contributed by atoms with Crippen LogP contribution in [0.1, 0.15) is 0 Å². The molecule has 0 bridgehead atoms. The van der Waals surface area contributed by atoms with Crippen molar-refractivity contribution in [3.63, 3.8) is 0 Å². The number of rotatable bonds is 5. The number of nitrogens with two attached hydrogens (primary N) is 1. The van der Waals surface area contributed by atoms with E-state index in [9.17, 15) is 0 Å². The maximum Gasteiger partial charge on any atom is 0.203 e. The van der Waals surface area contributed by atoms with Gasteiger partial charge in [0.1, 0.15) is 17.8 Å². The number of nitrogen functional groups attached to an aromatic ring is 1. The highest BCUT2D eigenvalue weighted by atomic mass is 32.1. The lowest BCUT2D eigenvalue weighted by Crippen LogP contribution is -1.98. The highest BCUT2D eigenvalue weighted by molar-refractivity contribution is 7.17. The number of methoxy groups -OCH3 is 3. The van der Waals surface area contributed by atoms with Crippen LogP contribution in [0.25, 0.3) is 27.4 Å². The van der Waals surface area contributed by atoms with Gasteiger partial charge in [-0.1, -0.05) is 0 Å². The van der Waals surface area contributed by atoms with Crippen molar-refractivity contribution in [2.75, 3.05) is 27.1 Å². The molecule has 0 radical (unpaired) electrons. The van der Waals surface area contributed by atoms with Gasteiger partial charge in [0.2, 0.25) is 5.75 Å². The van der Waals surface area contributed by atoms with Crippen LogP contribution in [0.4, 0.5) is 5.82 Å². The summed E-state index contributed by atoms with van der Waals surface area (Å²) in [4.78, 5) is 13.3. The average molecular weight is 383 g/mol. The molecular weight excluding hydrogens is 366 g/mol. The summed E-state index contributed by atoms with van der Waals surface area (Å²) in [6.45, 7) is 0. The first-order chi connectivity index (χ1) is 13.1. The maximum absolute atomic E-state index is 6.04. The third kappa shape index (κ3) is 2.91. The van der Waals surface area contributed by atoms with Crippen molar-refractivity contribution in [3.05, 3.63) is 36.1 Å². The quantitative estimate of drug-likeness (QED) is 0.565. The summed E-state index contributed by atoms with van der Waals surface area (Å²) in [7, 11) is 4.72. The predicted octanol–water partition coefficient (Wildman–Crippen LogP) is 3.15. The van der Waals surface area contributed by atoms with Crippen LogP contribution < -0.4 is 19.9 Å². The molecule has 0 aliphatic heterocycles. The Balaban J connectivity index is 1.78. The summed E-state index contributed by atoms with van der Waals surface area (Å²) in [5, 5.41) is 1.94. The molecule has 0 aliphatic carbocycles. The van der Waals surface area contributed by atoms with E-state index in [0.29, 0.717) is 34.6 Å². The van der Waals surface area contributed by atoms with Gasteiger partial charge < -0.3 is 24.5 Å². The van der Waals surface area contributed by atoms with Crippen molar-refractivity contribution in [1.29, 1.82) is 0 Å². The van der Waals surface area contributed by atoms with E-state index in [1.54, 1.807) is 27.7 Å². The van der Waals surface area contributed by atoms with Crippen LogP contribution in [0.2, 0.25) is 0 Å². The molecular formula is C18H17N5O3S. The van der Waals surface area contributed by atoms with Gasteiger partial charge in [-0.05, 0) is 11.4 Å². The summed E-state index contributed by atoms with van der Waals surface area (Å²) in [5.74, 6) is 2.57. The molecule has 0 fully saturated rings. The molecule has 2 N–H and O–H groups in total. The molecule has 0 saturated carbocycles. The lowest BCUT2D eigenvalue weighted by Gasteiger charge is -2.14. The molecule has 27 heavy (non-hydrogen) atoms. The normalized spacial score (nSPS) is 10.9. The van der Waals surface area contributed by atoms with Crippen molar-refractivity contribution in [3.8, 4) is 34.5 Å². The fourth-order valence-electron chi connectivity index (χ4n) is 2.80. The van der Waals surface area contributed by atoms with Crippen molar-refractivity contribution in [1.82, 2.24) is 19.5 Å². The zero-order chi connectivity index (χ0) is 19.0. The second-order valence-electron chi connectivity index (χ2n) is 5.62. The van der Waals surface area contributed by atoms with Gasteiger partial charge >= 0.3 is 0 Å². The molecule has 0 spiro atoms. The number of hydrogen-bond acceptors (Lipinski definition) is 8. The zero-order valence-electron chi connectivity index (χ0n) is 15.0. The molecule has 4 rings (SSSR count).